The number of carbonyl (C=O) groups is 1. The second-order valence-electron chi connectivity index (χ2n) is 7.80. The molecular weight excluding hydrogens is 342 g/mol. The first kappa shape index (κ1) is 18.1. The van der Waals surface area contributed by atoms with Gasteiger partial charge in [0.25, 0.3) is 0 Å². The van der Waals surface area contributed by atoms with Crippen LogP contribution in [0.4, 0.5) is 0 Å². The van der Waals surface area contributed by atoms with Gasteiger partial charge >= 0.3 is 0 Å². The van der Waals surface area contributed by atoms with Crippen LogP contribution >= 0.6 is 0 Å². The highest BCUT2D eigenvalue weighted by Gasteiger charge is 2.40. The maximum Gasteiger partial charge on any atom is 0.227 e. The van der Waals surface area contributed by atoms with E-state index in [0.29, 0.717) is 6.42 Å². The Morgan fingerprint density at radius 2 is 2.22 bits per heavy atom. The van der Waals surface area contributed by atoms with Crippen molar-refractivity contribution < 1.29 is 9.53 Å². The van der Waals surface area contributed by atoms with E-state index in [0.717, 1.165) is 70.0 Å². The predicted octanol–water partition coefficient (Wildman–Crippen LogP) is 1.49. The molecule has 0 unspecified atom stereocenters. The lowest BCUT2D eigenvalue weighted by molar-refractivity contribution is -0.135. The van der Waals surface area contributed by atoms with Crippen LogP contribution in [0.3, 0.4) is 0 Å². The number of H-pyrrole nitrogens is 1. The van der Waals surface area contributed by atoms with Crippen LogP contribution in [0.5, 0.6) is 0 Å². The van der Waals surface area contributed by atoms with Crippen molar-refractivity contribution in [3.8, 4) is 0 Å². The molecule has 1 spiro atoms. The minimum atomic E-state index is 0.0133. The number of hydrogen-bond acceptors (Lipinski definition) is 5. The lowest BCUT2D eigenvalue weighted by Crippen LogP contribution is -2.52. The second-order valence-corrected chi connectivity index (χ2v) is 7.80. The van der Waals surface area contributed by atoms with Crippen LogP contribution in [-0.4, -0.2) is 70.3 Å². The van der Waals surface area contributed by atoms with Crippen molar-refractivity contribution in [3.63, 3.8) is 0 Å². The fourth-order valence-electron chi connectivity index (χ4n) is 4.29. The van der Waals surface area contributed by atoms with E-state index >= 15 is 0 Å². The van der Waals surface area contributed by atoms with Crippen molar-refractivity contribution in [1.82, 2.24) is 25.0 Å². The number of carbonyl (C=O) groups excluding carboxylic acids is 1. The van der Waals surface area contributed by atoms with Crippen LogP contribution in [0.15, 0.2) is 36.8 Å². The molecule has 27 heavy (non-hydrogen) atoms. The Morgan fingerprint density at radius 1 is 1.26 bits per heavy atom. The highest BCUT2D eigenvalue weighted by molar-refractivity contribution is 5.78. The van der Waals surface area contributed by atoms with Gasteiger partial charge in [0.2, 0.25) is 5.91 Å². The molecule has 4 rings (SSSR count). The predicted molar refractivity (Wildman–Crippen MR) is 101 cm³/mol. The summed E-state index contributed by atoms with van der Waals surface area (Å²) in [5.74, 6) is 0.187. The van der Waals surface area contributed by atoms with Gasteiger partial charge in [0, 0.05) is 62.4 Å². The molecule has 1 amide bonds. The molecule has 0 saturated carbocycles. The Labute approximate surface area is 159 Å². The lowest BCUT2D eigenvalue weighted by atomic mass is 9.80. The van der Waals surface area contributed by atoms with Crippen LogP contribution in [-0.2, 0) is 22.5 Å². The van der Waals surface area contributed by atoms with Crippen LogP contribution < -0.4 is 0 Å². The average Bonchev–Trinajstić information content (AvgIpc) is 3.12. The summed E-state index contributed by atoms with van der Waals surface area (Å²) < 4.78 is 5.97. The maximum atomic E-state index is 12.8. The normalized spacial score (nSPS) is 24.1. The smallest absolute Gasteiger partial charge is 0.227 e. The fourth-order valence-corrected chi connectivity index (χ4v) is 4.29. The maximum absolute atomic E-state index is 12.8. The van der Waals surface area contributed by atoms with Crippen LogP contribution in [0, 0.1) is 5.41 Å². The Balaban J connectivity index is 1.42. The summed E-state index contributed by atoms with van der Waals surface area (Å²) in [5, 5.41) is 7.10. The molecule has 7 heteroatoms. The van der Waals surface area contributed by atoms with Gasteiger partial charge in [0.15, 0.2) is 0 Å². The summed E-state index contributed by atoms with van der Waals surface area (Å²) in [6, 6.07) is 5.86. The van der Waals surface area contributed by atoms with E-state index < -0.39 is 0 Å². The molecule has 144 valence electrons. The van der Waals surface area contributed by atoms with Gasteiger partial charge in [-0.25, -0.2) is 0 Å². The molecule has 4 heterocycles. The number of rotatable bonds is 4. The van der Waals surface area contributed by atoms with Crippen molar-refractivity contribution >= 4 is 5.91 Å². The van der Waals surface area contributed by atoms with Gasteiger partial charge in [-0.15, -0.1) is 0 Å². The van der Waals surface area contributed by atoms with Gasteiger partial charge in [-0.3, -0.25) is 19.8 Å². The summed E-state index contributed by atoms with van der Waals surface area (Å²) in [6.07, 6.45) is 7.85. The lowest BCUT2D eigenvalue weighted by Gasteiger charge is -2.43. The molecule has 2 aromatic rings. The van der Waals surface area contributed by atoms with Crippen molar-refractivity contribution in [3.05, 3.63) is 48.0 Å². The molecule has 0 radical (unpaired) electrons. The first-order valence-electron chi connectivity index (χ1n) is 9.68. The minimum absolute atomic E-state index is 0.0133. The molecule has 1 N–H and O–H groups in total. The number of aromatic nitrogens is 3. The number of ether oxygens (including phenoxy) is 1. The first-order valence-corrected chi connectivity index (χ1v) is 9.68. The van der Waals surface area contributed by atoms with Gasteiger partial charge < -0.3 is 9.64 Å². The number of pyridine rings is 1. The number of likely N-dealkylation sites (tertiary alicyclic amines) is 1. The number of piperidine rings is 1. The third-order valence-electron chi connectivity index (χ3n) is 5.56. The fraction of sp³-hybridized carbons (Fsp3) is 0.550. The molecule has 2 aliphatic rings. The SMILES string of the molecule is O=C(Cc1cccnc1)N1CCC[C@]2(COCCN(Cc3ccn[nH]3)C2)C1. The highest BCUT2D eigenvalue weighted by Crippen LogP contribution is 2.33. The monoisotopic (exact) mass is 369 g/mol. The molecule has 1 atom stereocenters. The third kappa shape index (κ3) is 4.54. The number of amides is 1. The zero-order valence-corrected chi connectivity index (χ0v) is 15.6. The molecule has 7 nitrogen and oxygen atoms in total. The van der Waals surface area contributed by atoms with Crippen molar-refractivity contribution in [1.29, 1.82) is 0 Å². The van der Waals surface area contributed by atoms with Crippen molar-refractivity contribution in [2.75, 3.05) is 39.4 Å². The van der Waals surface area contributed by atoms with E-state index in [1.807, 2.05) is 23.1 Å². The van der Waals surface area contributed by atoms with E-state index in [2.05, 4.69) is 20.1 Å². The summed E-state index contributed by atoms with van der Waals surface area (Å²) in [6.45, 7) is 5.76. The molecule has 0 aliphatic carbocycles. The van der Waals surface area contributed by atoms with E-state index in [1.165, 1.54) is 0 Å². The van der Waals surface area contributed by atoms with Crippen molar-refractivity contribution in [2.45, 2.75) is 25.8 Å². The number of nitrogens with one attached hydrogen (secondary N) is 1. The van der Waals surface area contributed by atoms with Gasteiger partial charge in [-0.2, -0.15) is 5.10 Å². The zero-order valence-electron chi connectivity index (χ0n) is 15.6. The Bertz CT molecular complexity index is 736. The van der Waals surface area contributed by atoms with E-state index in [9.17, 15) is 4.79 Å². The Hall–Kier alpha value is -2.25. The Morgan fingerprint density at radius 3 is 3.04 bits per heavy atom. The van der Waals surface area contributed by atoms with Crippen molar-refractivity contribution in [2.24, 2.45) is 5.41 Å². The van der Waals surface area contributed by atoms with Crippen LogP contribution in [0.1, 0.15) is 24.1 Å². The molecular formula is C20H27N5O2. The third-order valence-corrected chi connectivity index (χ3v) is 5.56. The Kier molecular flexibility index (Phi) is 5.50. The van der Waals surface area contributed by atoms with Gasteiger partial charge in [0.1, 0.15) is 0 Å². The zero-order chi connectivity index (χ0) is 18.5. The standard InChI is InChI=1S/C20H27N5O2/c26-19(11-17-3-1-6-21-12-17)25-8-2-5-20(15-25)14-24(9-10-27-16-20)13-18-4-7-22-23-18/h1,3-4,6-7,12H,2,5,8-11,13-16H2,(H,22,23)/t20-/m1/s1. The number of hydrogen-bond donors (Lipinski definition) is 1. The largest absolute Gasteiger partial charge is 0.379 e. The molecule has 2 fully saturated rings. The molecule has 2 saturated heterocycles. The van der Waals surface area contributed by atoms with Gasteiger partial charge in [0.05, 0.1) is 19.6 Å². The number of nitrogens with zero attached hydrogens (tertiary/aromatic N) is 4. The van der Waals surface area contributed by atoms with E-state index in [4.69, 9.17) is 4.74 Å². The van der Waals surface area contributed by atoms with Gasteiger partial charge in [-0.1, -0.05) is 6.07 Å². The molecule has 0 bridgehead atoms. The highest BCUT2D eigenvalue weighted by atomic mass is 16.5. The van der Waals surface area contributed by atoms with E-state index in [-0.39, 0.29) is 11.3 Å². The van der Waals surface area contributed by atoms with Crippen LogP contribution in [0.25, 0.3) is 0 Å². The summed E-state index contributed by atoms with van der Waals surface area (Å²) in [5.41, 5.74) is 2.10. The second kappa shape index (κ2) is 8.19. The van der Waals surface area contributed by atoms with E-state index in [1.54, 1.807) is 18.6 Å². The molecule has 2 aromatic heterocycles. The summed E-state index contributed by atoms with van der Waals surface area (Å²) in [7, 11) is 0. The topological polar surface area (TPSA) is 74.4 Å². The molecule has 2 aliphatic heterocycles. The van der Waals surface area contributed by atoms with Crippen LogP contribution in [0.2, 0.25) is 0 Å². The molecule has 0 aromatic carbocycles. The summed E-state index contributed by atoms with van der Waals surface area (Å²) in [4.78, 5) is 21.4. The minimum Gasteiger partial charge on any atom is -0.379 e. The van der Waals surface area contributed by atoms with Gasteiger partial charge in [-0.05, 0) is 30.5 Å². The quantitative estimate of drug-likeness (QED) is 0.884. The number of aromatic amines is 1. The first-order chi connectivity index (χ1) is 13.2. The summed E-state index contributed by atoms with van der Waals surface area (Å²) >= 11 is 0. The average molecular weight is 369 g/mol.